The van der Waals surface area contributed by atoms with E-state index in [0.717, 1.165) is 11.1 Å². The number of aryl methyl sites for hydroxylation is 2. The normalized spacial score (nSPS) is 18.2. The lowest BCUT2D eigenvalue weighted by Gasteiger charge is -2.41. The maximum Gasteiger partial charge on any atom is 0.442 e. The molecular formula is C32H35ClFN6O3+. The average Bonchev–Trinajstić information content (AvgIpc) is 2.92. The van der Waals surface area contributed by atoms with Gasteiger partial charge in [0.1, 0.15) is 28.5 Å². The van der Waals surface area contributed by atoms with E-state index in [-0.39, 0.29) is 18.2 Å². The zero-order valence-electron chi connectivity index (χ0n) is 25.4. The van der Waals surface area contributed by atoms with Gasteiger partial charge in [-0.2, -0.15) is 4.98 Å². The second kappa shape index (κ2) is 10.3. The molecule has 1 amide bonds. The van der Waals surface area contributed by atoms with Crippen molar-refractivity contribution in [1.29, 1.82) is 0 Å². The van der Waals surface area contributed by atoms with Crippen LogP contribution >= 0.6 is 11.6 Å². The lowest BCUT2D eigenvalue weighted by molar-refractivity contribution is -0.679. The number of carbonyl (C=O) groups is 1. The van der Waals surface area contributed by atoms with Crippen molar-refractivity contribution in [2.75, 3.05) is 24.5 Å². The van der Waals surface area contributed by atoms with Crippen LogP contribution < -0.4 is 15.2 Å². The highest BCUT2D eigenvalue weighted by Gasteiger charge is 2.41. The maximum absolute atomic E-state index is 15.5. The Kier molecular flexibility index (Phi) is 6.95. The van der Waals surface area contributed by atoms with Crippen LogP contribution in [-0.2, 0) is 4.74 Å². The van der Waals surface area contributed by atoms with Gasteiger partial charge in [0.2, 0.25) is 0 Å². The van der Waals surface area contributed by atoms with Gasteiger partial charge in [0.05, 0.1) is 10.6 Å². The molecule has 1 unspecified atom stereocenters. The van der Waals surface area contributed by atoms with E-state index >= 15 is 4.39 Å². The van der Waals surface area contributed by atoms with E-state index in [0.29, 0.717) is 64.1 Å². The molecule has 2 atom stereocenters. The SMILES string of the molecule is Cc1cccc(F)c1-c1c(Cl)cc2c(N3CCN(C(=O)OC(C)(C)C)C[C@@H]3C)nc(=O)n3c2[n+]1C(C)c1nccc(C)c1-3. The third-order valence-electron chi connectivity index (χ3n) is 8.22. The van der Waals surface area contributed by atoms with Gasteiger partial charge in [-0.05, 0) is 72.2 Å². The molecule has 3 aromatic heterocycles. The first-order valence-corrected chi connectivity index (χ1v) is 14.8. The van der Waals surface area contributed by atoms with Gasteiger partial charge in [0, 0.05) is 37.4 Å². The molecule has 0 spiro atoms. The summed E-state index contributed by atoms with van der Waals surface area (Å²) in [7, 11) is 0. The minimum Gasteiger partial charge on any atom is -0.444 e. The van der Waals surface area contributed by atoms with E-state index < -0.39 is 17.1 Å². The van der Waals surface area contributed by atoms with Crippen molar-refractivity contribution in [2.24, 2.45) is 0 Å². The van der Waals surface area contributed by atoms with Gasteiger partial charge < -0.3 is 14.5 Å². The lowest BCUT2D eigenvalue weighted by atomic mass is 9.99. The zero-order chi connectivity index (χ0) is 31.0. The standard InChI is InChI=1S/C32H35ClFN6O3/c1-17-9-8-10-23(34)24(17)27-22(33)15-21-28(38-14-13-37(16-19(38)3)31(42)43-32(5,6)7)36-30(41)40-26-18(2)11-12-35-25(26)20(4)39(27)29(21)40/h8-12,15,19-20H,13-14,16H2,1-7H3/q+1/t19-,20?/m0/s1. The third-order valence-corrected chi connectivity index (χ3v) is 8.51. The van der Waals surface area contributed by atoms with E-state index in [1.165, 1.54) is 6.07 Å². The van der Waals surface area contributed by atoms with Crippen molar-refractivity contribution in [3.05, 3.63) is 74.7 Å². The van der Waals surface area contributed by atoms with Crippen molar-refractivity contribution in [3.63, 3.8) is 0 Å². The van der Waals surface area contributed by atoms with Crippen LogP contribution in [0.4, 0.5) is 15.0 Å². The predicted octanol–water partition coefficient (Wildman–Crippen LogP) is 5.51. The fourth-order valence-electron chi connectivity index (χ4n) is 6.32. The van der Waals surface area contributed by atoms with Gasteiger partial charge in [-0.15, -0.1) is 4.57 Å². The predicted molar refractivity (Wildman–Crippen MR) is 164 cm³/mol. The number of halogens is 2. The summed E-state index contributed by atoms with van der Waals surface area (Å²) in [4.78, 5) is 39.9. The highest BCUT2D eigenvalue weighted by atomic mass is 35.5. The molecule has 0 N–H and O–H groups in total. The van der Waals surface area contributed by atoms with Crippen LogP contribution in [0.5, 0.6) is 0 Å². The van der Waals surface area contributed by atoms with Crippen LogP contribution in [0.3, 0.4) is 0 Å². The van der Waals surface area contributed by atoms with Crippen molar-refractivity contribution in [3.8, 4) is 16.9 Å². The number of carbonyl (C=O) groups excluding carboxylic acids is 1. The highest BCUT2D eigenvalue weighted by Crippen LogP contribution is 2.39. The molecule has 224 valence electrons. The summed E-state index contributed by atoms with van der Waals surface area (Å²) in [6, 6.07) is 8.01. The number of ether oxygens (including phenoxy) is 1. The number of anilines is 1. The van der Waals surface area contributed by atoms with Crippen molar-refractivity contribution >= 4 is 34.5 Å². The monoisotopic (exact) mass is 605 g/mol. The number of pyridine rings is 2. The summed E-state index contributed by atoms with van der Waals surface area (Å²) in [5.41, 5.74) is 3.27. The second-order valence-electron chi connectivity index (χ2n) is 12.4. The van der Waals surface area contributed by atoms with Gasteiger partial charge >= 0.3 is 17.4 Å². The first kappa shape index (κ1) is 29.0. The van der Waals surface area contributed by atoms with E-state index in [4.69, 9.17) is 16.3 Å². The molecule has 0 aliphatic carbocycles. The fourth-order valence-corrected chi connectivity index (χ4v) is 6.61. The molecule has 2 aliphatic heterocycles. The lowest BCUT2D eigenvalue weighted by Crippen LogP contribution is -2.56. The molecule has 1 fully saturated rings. The van der Waals surface area contributed by atoms with E-state index in [1.54, 1.807) is 27.8 Å². The number of piperazine rings is 1. The molecule has 43 heavy (non-hydrogen) atoms. The molecule has 5 heterocycles. The number of amides is 1. The summed E-state index contributed by atoms with van der Waals surface area (Å²) in [6.45, 7) is 14.5. The molecule has 0 radical (unpaired) electrons. The number of benzene rings is 1. The van der Waals surface area contributed by atoms with Gasteiger partial charge in [-0.25, -0.2) is 18.5 Å². The van der Waals surface area contributed by atoms with Gasteiger partial charge in [-0.3, -0.25) is 4.98 Å². The Bertz CT molecular complexity index is 1850. The number of aromatic nitrogens is 4. The van der Waals surface area contributed by atoms with Gasteiger partial charge in [-0.1, -0.05) is 23.7 Å². The Balaban J connectivity index is 1.60. The topological polar surface area (TPSA) is 84.4 Å². The minimum atomic E-state index is -0.605. The summed E-state index contributed by atoms with van der Waals surface area (Å²) in [5.74, 6) is 0.0625. The largest absolute Gasteiger partial charge is 0.444 e. The summed E-state index contributed by atoms with van der Waals surface area (Å²) >= 11 is 7.07. The molecule has 6 rings (SSSR count). The van der Waals surface area contributed by atoms with Crippen LogP contribution in [0, 0.1) is 19.7 Å². The van der Waals surface area contributed by atoms with Crippen LogP contribution in [0.25, 0.3) is 28.0 Å². The molecule has 11 heteroatoms. The Morgan fingerprint density at radius 2 is 1.88 bits per heavy atom. The van der Waals surface area contributed by atoms with E-state index in [2.05, 4.69) is 9.97 Å². The minimum absolute atomic E-state index is 0.177. The molecule has 4 aromatic rings. The third kappa shape index (κ3) is 4.72. The Morgan fingerprint density at radius 1 is 1.14 bits per heavy atom. The second-order valence-corrected chi connectivity index (χ2v) is 12.8. The first-order valence-electron chi connectivity index (χ1n) is 14.4. The van der Waals surface area contributed by atoms with E-state index in [9.17, 15) is 9.59 Å². The van der Waals surface area contributed by atoms with Gasteiger partial charge in [0.25, 0.3) is 0 Å². The van der Waals surface area contributed by atoms with Crippen LogP contribution in [0.15, 0.2) is 41.3 Å². The molecule has 0 saturated carbocycles. The smallest absolute Gasteiger partial charge is 0.442 e. The molecule has 9 nitrogen and oxygen atoms in total. The molecular weight excluding hydrogens is 571 g/mol. The molecule has 1 saturated heterocycles. The summed E-state index contributed by atoms with van der Waals surface area (Å²) < 4.78 is 24.6. The van der Waals surface area contributed by atoms with Crippen molar-refractivity contribution < 1.29 is 18.5 Å². The number of nitrogens with zero attached hydrogens (tertiary/aromatic N) is 6. The van der Waals surface area contributed by atoms with E-state index in [1.807, 2.05) is 70.1 Å². The number of fused-ring (bicyclic) bond motifs is 2. The zero-order valence-corrected chi connectivity index (χ0v) is 26.2. The molecule has 2 aliphatic rings. The summed E-state index contributed by atoms with van der Waals surface area (Å²) in [6.07, 6.45) is 1.34. The fraction of sp³-hybridized carbons (Fsp3) is 0.406. The Labute approximate surface area is 254 Å². The van der Waals surface area contributed by atoms with Crippen LogP contribution in [-0.4, -0.2) is 56.8 Å². The molecule has 0 bridgehead atoms. The summed E-state index contributed by atoms with van der Waals surface area (Å²) in [5, 5.41) is 0.984. The van der Waals surface area contributed by atoms with Crippen molar-refractivity contribution in [1.82, 2.24) is 19.4 Å². The van der Waals surface area contributed by atoms with Crippen LogP contribution in [0.2, 0.25) is 5.02 Å². The Hall–Kier alpha value is -4.05. The maximum atomic E-state index is 15.5. The number of hydrogen-bond acceptors (Lipinski definition) is 6. The molecule has 1 aromatic carbocycles. The quantitative estimate of drug-likeness (QED) is 0.280. The van der Waals surface area contributed by atoms with Gasteiger partial charge in [0.15, 0.2) is 17.2 Å². The highest BCUT2D eigenvalue weighted by molar-refractivity contribution is 6.33. The Morgan fingerprint density at radius 3 is 2.56 bits per heavy atom. The first-order chi connectivity index (χ1) is 20.3. The number of hydrogen-bond donors (Lipinski definition) is 0. The van der Waals surface area contributed by atoms with Crippen molar-refractivity contribution in [2.45, 2.75) is 66.2 Å². The number of rotatable bonds is 2. The average molecular weight is 606 g/mol. The van der Waals surface area contributed by atoms with Crippen LogP contribution in [0.1, 0.15) is 57.5 Å².